The van der Waals surface area contributed by atoms with Crippen LogP contribution in [-0.4, -0.2) is 41.8 Å². The number of carbonyl (C=O) groups is 3. The van der Waals surface area contributed by atoms with E-state index in [1.54, 1.807) is 6.92 Å². The van der Waals surface area contributed by atoms with E-state index in [2.05, 4.69) is 16.0 Å². The lowest BCUT2D eigenvalue weighted by Gasteiger charge is -2.13. The first-order chi connectivity index (χ1) is 10.8. The Bertz CT molecular complexity index is 617. The topological polar surface area (TPSA) is 130 Å². The molecule has 0 aromatic heterocycles. The van der Waals surface area contributed by atoms with Crippen LogP contribution in [0.3, 0.4) is 0 Å². The van der Waals surface area contributed by atoms with E-state index in [1.807, 2.05) is 0 Å². The smallest absolute Gasteiger partial charge is 0.270 e. The SMILES string of the molecule is CCNC(=O)[C@H](C)NC(=O)CNC(=O)c1cccc([N+](=O)[O-])c1. The summed E-state index contributed by atoms with van der Waals surface area (Å²) in [5, 5.41) is 18.0. The van der Waals surface area contributed by atoms with Crippen molar-refractivity contribution in [3.05, 3.63) is 39.9 Å². The van der Waals surface area contributed by atoms with Crippen molar-refractivity contribution < 1.29 is 19.3 Å². The summed E-state index contributed by atoms with van der Waals surface area (Å²) in [5.74, 6) is -1.48. The Kier molecular flexibility index (Phi) is 6.66. The number of nitro groups is 1. The molecule has 0 saturated heterocycles. The van der Waals surface area contributed by atoms with Crippen LogP contribution in [-0.2, 0) is 9.59 Å². The molecule has 0 spiro atoms. The number of nitrogens with one attached hydrogen (secondary N) is 3. The molecular formula is C14H18N4O5. The molecule has 1 aromatic carbocycles. The standard InChI is InChI=1S/C14H18N4O5/c1-3-15-13(20)9(2)17-12(19)8-16-14(21)10-5-4-6-11(7-10)18(22)23/h4-7,9H,3,8H2,1-2H3,(H,15,20)(H,16,21)(H,17,19)/t9-/m0/s1. The Hall–Kier alpha value is -2.97. The van der Waals surface area contributed by atoms with Gasteiger partial charge in [0.2, 0.25) is 11.8 Å². The third kappa shape index (κ3) is 5.73. The van der Waals surface area contributed by atoms with E-state index >= 15 is 0 Å². The molecule has 1 aromatic rings. The fourth-order valence-corrected chi connectivity index (χ4v) is 1.71. The summed E-state index contributed by atoms with van der Waals surface area (Å²) in [6, 6.07) is 4.43. The molecule has 0 radical (unpaired) electrons. The van der Waals surface area contributed by atoms with Gasteiger partial charge in [-0.3, -0.25) is 24.5 Å². The van der Waals surface area contributed by atoms with Gasteiger partial charge >= 0.3 is 0 Å². The molecule has 0 saturated carbocycles. The van der Waals surface area contributed by atoms with Crippen molar-refractivity contribution in [2.24, 2.45) is 0 Å². The maximum atomic E-state index is 11.9. The predicted molar refractivity (Wildman–Crippen MR) is 81.7 cm³/mol. The molecule has 3 amide bonds. The van der Waals surface area contributed by atoms with Gasteiger partial charge in [0.25, 0.3) is 11.6 Å². The molecule has 1 rings (SSSR count). The molecular weight excluding hydrogens is 304 g/mol. The number of amides is 3. The van der Waals surface area contributed by atoms with Crippen LogP contribution in [0.2, 0.25) is 0 Å². The fraction of sp³-hybridized carbons (Fsp3) is 0.357. The Labute approximate surface area is 132 Å². The van der Waals surface area contributed by atoms with Gasteiger partial charge in [0.1, 0.15) is 6.04 Å². The number of hydrogen-bond acceptors (Lipinski definition) is 5. The first-order valence-corrected chi connectivity index (χ1v) is 6.94. The summed E-state index contributed by atoms with van der Waals surface area (Å²) in [6.45, 7) is 3.38. The maximum Gasteiger partial charge on any atom is 0.270 e. The summed E-state index contributed by atoms with van der Waals surface area (Å²) in [4.78, 5) is 45.0. The number of nitro benzene ring substituents is 1. The summed E-state index contributed by atoms with van der Waals surface area (Å²) in [5.41, 5.74) is -0.143. The van der Waals surface area contributed by atoms with Crippen LogP contribution in [0.1, 0.15) is 24.2 Å². The van der Waals surface area contributed by atoms with Crippen LogP contribution in [0.5, 0.6) is 0 Å². The van der Waals surface area contributed by atoms with E-state index in [9.17, 15) is 24.5 Å². The number of non-ortho nitro benzene ring substituents is 1. The largest absolute Gasteiger partial charge is 0.355 e. The number of nitrogens with zero attached hydrogens (tertiary/aromatic N) is 1. The number of rotatable bonds is 7. The molecule has 0 aliphatic rings. The zero-order valence-corrected chi connectivity index (χ0v) is 12.8. The lowest BCUT2D eigenvalue weighted by molar-refractivity contribution is -0.384. The molecule has 9 heteroatoms. The van der Waals surface area contributed by atoms with Crippen molar-refractivity contribution in [1.29, 1.82) is 0 Å². The minimum Gasteiger partial charge on any atom is -0.355 e. The van der Waals surface area contributed by atoms with Crippen molar-refractivity contribution in [1.82, 2.24) is 16.0 Å². The average molecular weight is 322 g/mol. The molecule has 0 bridgehead atoms. The number of hydrogen-bond donors (Lipinski definition) is 3. The van der Waals surface area contributed by atoms with Gasteiger partial charge in [-0.2, -0.15) is 0 Å². The van der Waals surface area contributed by atoms with Gasteiger partial charge in [0, 0.05) is 24.2 Å². The van der Waals surface area contributed by atoms with Crippen molar-refractivity contribution in [2.45, 2.75) is 19.9 Å². The quantitative estimate of drug-likeness (QED) is 0.479. The molecule has 23 heavy (non-hydrogen) atoms. The second kappa shape index (κ2) is 8.47. The second-order valence-corrected chi connectivity index (χ2v) is 4.67. The molecule has 0 fully saturated rings. The highest BCUT2D eigenvalue weighted by Gasteiger charge is 2.16. The van der Waals surface area contributed by atoms with Crippen LogP contribution in [0.4, 0.5) is 5.69 Å². The molecule has 9 nitrogen and oxygen atoms in total. The average Bonchev–Trinajstić information content (AvgIpc) is 2.52. The van der Waals surface area contributed by atoms with Gasteiger partial charge in [-0.1, -0.05) is 6.07 Å². The Morgan fingerprint density at radius 1 is 1.26 bits per heavy atom. The highest BCUT2D eigenvalue weighted by molar-refractivity contribution is 5.97. The monoisotopic (exact) mass is 322 g/mol. The molecule has 0 aliphatic heterocycles. The van der Waals surface area contributed by atoms with Crippen molar-refractivity contribution in [2.75, 3.05) is 13.1 Å². The Balaban J connectivity index is 2.52. The lowest BCUT2D eigenvalue weighted by atomic mass is 10.2. The summed E-state index contributed by atoms with van der Waals surface area (Å²) in [7, 11) is 0. The maximum absolute atomic E-state index is 11.9. The normalized spacial score (nSPS) is 11.2. The van der Waals surface area contributed by atoms with Crippen LogP contribution in [0, 0.1) is 10.1 Å². The van der Waals surface area contributed by atoms with Crippen LogP contribution >= 0.6 is 0 Å². The molecule has 0 unspecified atom stereocenters. The van der Waals surface area contributed by atoms with E-state index in [1.165, 1.54) is 25.1 Å². The first kappa shape index (κ1) is 18.1. The highest BCUT2D eigenvalue weighted by atomic mass is 16.6. The number of carbonyl (C=O) groups excluding carboxylic acids is 3. The summed E-state index contributed by atoms with van der Waals surface area (Å²) < 4.78 is 0. The van der Waals surface area contributed by atoms with Gasteiger partial charge in [0.15, 0.2) is 0 Å². The zero-order chi connectivity index (χ0) is 17.4. The second-order valence-electron chi connectivity index (χ2n) is 4.67. The minimum absolute atomic E-state index is 0.0729. The van der Waals surface area contributed by atoms with Gasteiger partial charge in [-0.15, -0.1) is 0 Å². The van der Waals surface area contributed by atoms with Crippen LogP contribution in [0.15, 0.2) is 24.3 Å². The summed E-state index contributed by atoms with van der Waals surface area (Å²) in [6.07, 6.45) is 0. The van der Waals surface area contributed by atoms with Gasteiger partial charge in [0.05, 0.1) is 11.5 Å². The fourth-order valence-electron chi connectivity index (χ4n) is 1.71. The van der Waals surface area contributed by atoms with E-state index in [0.29, 0.717) is 6.54 Å². The van der Waals surface area contributed by atoms with Crippen LogP contribution in [0.25, 0.3) is 0 Å². The lowest BCUT2D eigenvalue weighted by Crippen LogP contribution is -2.47. The minimum atomic E-state index is -0.725. The van der Waals surface area contributed by atoms with Crippen molar-refractivity contribution in [3.8, 4) is 0 Å². The molecule has 1 atom stereocenters. The van der Waals surface area contributed by atoms with Crippen molar-refractivity contribution >= 4 is 23.4 Å². The van der Waals surface area contributed by atoms with Crippen molar-refractivity contribution in [3.63, 3.8) is 0 Å². The predicted octanol–water partition coefficient (Wildman–Crippen LogP) is -0.0346. The third-order valence-corrected chi connectivity index (χ3v) is 2.85. The van der Waals surface area contributed by atoms with Gasteiger partial charge in [-0.25, -0.2) is 0 Å². The highest BCUT2D eigenvalue weighted by Crippen LogP contribution is 2.12. The third-order valence-electron chi connectivity index (χ3n) is 2.85. The number of likely N-dealkylation sites (N-methyl/N-ethyl adjacent to an activating group) is 1. The Morgan fingerprint density at radius 2 is 1.96 bits per heavy atom. The molecule has 0 heterocycles. The van der Waals surface area contributed by atoms with Crippen LogP contribution < -0.4 is 16.0 Å². The van der Waals surface area contributed by atoms with E-state index in [0.717, 1.165) is 6.07 Å². The first-order valence-electron chi connectivity index (χ1n) is 6.94. The van der Waals surface area contributed by atoms with E-state index in [4.69, 9.17) is 0 Å². The van der Waals surface area contributed by atoms with Gasteiger partial charge in [-0.05, 0) is 19.9 Å². The summed E-state index contributed by atoms with van der Waals surface area (Å²) >= 11 is 0. The van der Waals surface area contributed by atoms with E-state index < -0.39 is 22.8 Å². The van der Waals surface area contributed by atoms with E-state index in [-0.39, 0.29) is 23.7 Å². The molecule has 124 valence electrons. The molecule has 0 aliphatic carbocycles. The molecule has 3 N–H and O–H groups in total. The zero-order valence-electron chi connectivity index (χ0n) is 12.8. The number of benzene rings is 1. The van der Waals surface area contributed by atoms with Gasteiger partial charge < -0.3 is 16.0 Å². The Morgan fingerprint density at radius 3 is 2.57 bits per heavy atom.